The monoisotopic (exact) mass is 340 g/mol. The van der Waals surface area contributed by atoms with Crippen LogP contribution in [0.1, 0.15) is 5.69 Å². The molecule has 0 aliphatic rings. The summed E-state index contributed by atoms with van der Waals surface area (Å²) < 4.78 is 14.8. The van der Waals surface area contributed by atoms with Crippen LogP contribution in [0.3, 0.4) is 0 Å². The first-order valence-corrected chi connectivity index (χ1v) is 8.09. The first-order valence-electron chi connectivity index (χ1n) is 7.27. The number of hydrogen-bond donors (Lipinski definition) is 0. The lowest BCUT2D eigenvalue weighted by Gasteiger charge is -2.13. The molecule has 3 aromatic heterocycles. The third kappa shape index (κ3) is 2.83. The van der Waals surface area contributed by atoms with Gasteiger partial charge in [0.2, 0.25) is 10.1 Å². The second kappa shape index (κ2) is 5.97. The number of imidazole rings is 1. The van der Waals surface area contributed by atoms with Crippen LogP contribution in [0.15, 0.2) is 49.1 Å². The van der Waals surface area contributed by atoms with Crippen molar-refractivity contribution < 1.29 is 4.39 Å². The normalized spacial score (nSPS) is 11.1. The Morgan fingerprint density at radius 3 is 2.75 bits per heavy atom. The molecular weight excluding hydrogens is 327 g/mol. The van der Waals surface area contributed by atoms with E-state index in [1.54, 1.807) is 35.2 Å². The van der Waals surface area contributed by atoms with Gasteiger partial charge in [-0.1, -0.05) is 11.3 Å². The van der Waals surface area contributed by atoms with E-state index in [-0.39, 0.29) is 5.82 Å². The van der Waals surface area contributed by atoms with E-state index in [4.69, 9.17) is 0 Å². The molecule has 3 heterocycles. The van der Waals surface area contributed by atoms with Gasteiger partial charge in [0.25, 0.3) is 0 Å². The highest BCUT2D eigenvalue weighted by molar-refractivity contribution is 7.20. The Morgan fingerprint density at radius 2 is 2.04 bits per heavy atom. The number of benzene rings is 1. The van der Waals surface area contributed by atoms with Crippen molar-refractivity contribution >= 4 is 21.4 Å². The largest absolute Gasteiger partial charge is 0.344 e. The lowest BCUT2D eigenvalue weighted by molar-refractivity contribution is 0.628. The Hall–Kier alpha value is -2.87. The van der Waals surface area contributed by atoms with E-state index in [0.717, 1.165) is 27.0 Å². The maximum Gasteiger partial charge on any atom is 0.214 e. The minimum Gasteiger partial charge on any atom is -0.344 e. The molecule has 1 aromatic carbocycles. The van der Waals surface area contributed by atoms with Gasteiger partial charge in [0.05, 0.1) is 30.3 Å². The summed E-state index contributed by atoms with van der Waals surface area (Å²) >= 11 is 1.49. The van der Waals surface area contributed by atoms with E-state index in [1.807, 2.05) is 18.1 Å². The van der Waals surface area contributed by atoms with Crippen molar-refractivity contribution in [2.75, 3.05) is 11.9 Å². The minimum absolute atomic E-state index is 0.259. The van der Waals surface area contributed by atoms with Crippen LogP contribution in [0.5, 0.6) is 0 Å². The number of rotatable bonds is 4. The molecule has 0 amide bonds. The average molecular weight is 340 g/mol. The van der Waals surface area contributed by atoms with Crippen LogP contribution in [-0.2, 0) is 6.54 Å². The smallest absolute Gasteiger partial charge is 0.214 e. The summed E-state index contributed by atoms with van der Waals surface area (Å²) in [5.74, 6) is -0.259. The predicted molar refractivity (Wildman–Crippen MR) is 90.4 cm³/mol. The molecule has 6 nitrogen and oxygen atoms in total. The number of anilines is 1. The summed E-state index contributed by atoms with van der Waals surface area (Å²) in [6.45, 7) is 0.620. The molecule has 8 heteroatoms. The van der Waals surface area contributed by atoms with E-state index in [2.05, 4.69) is 20.1 Å². The maximum atomic E-state index is 13.0. The first-order chi connectivity index (χ1) is 11.7. The highest BCUT2D eigenvalue weighted by Crippen LogP contribution is 2.26. The number of nitrogens with zero attached hydrogens (tertiary/aromatic N) is 6. The van der Waals surface area contributed by atoms with Gasteiger partial charge >= 0.3 is 0 Å². The molecule has 0 unspecified atom stereocenters. The van der Waals surface area contributed by atoms with E-state index >= 15 is 0 Å². The molecule has 4 rings (SSSR count). The van der Waals surface area contributed by atoms with E-state index in [9.17, 15) is 4.39 Å². The number of aromatic nitrogens is 5. The number of halogens is 1. The Balaban J connectivity index is 1.58. The lowest BCUT2D eigenvalue weighted by atomic mass is 10.2. The molecule has 0 radical (unpaired) electrons. The van der Waals surface area contributed by atoms with E-state index in [0.29, 0.717) is 6.54 Å². The third-order valence-corrected chi connectivity index (χ3v) is 4.55. The van der Waals surface area contributed by atoms with Crippen molar-refractivity contribution in [3.63, 3.8) is 0 Å². The van der Waals surface area contributed by atoms with Crippen molar-refractivity contribution in [1.82, 2.24) is 24.6 Å². The van der Waals surface area contributed by atoms with Gasteiger partial charge in [-0.15, -0.1) is 5.10 Å². The predicted octanol–water partition coefficient (Wildman–Crippen LogP) is 3.02. The van der Waals surface area contributed by atoms with Crippen LogP contribution >= 0.6 is 11.3 Å². The summed E-state index contributed by atoms with van der Waals surface area (Å²) in [4.78, 5) is 15.7. The van der Waals surface area contributed by atoms with E-state index < -0.39 is 0 Å². The molecule has 0 bridgehead atoms. The minimum atomic E-state index is -0.259. The zero-order valence-corrected chi connectivity index (χ0v) is 13.6. The topological polar surface area (TPSA) is 59.2 Å². The van der Waals surface area contributed by atoms with Gasteiger partial charge < -0.3 is 4.90 Å². The fraction of sp³-hybridized carbons (Fsp3) is 0.125. The van der Waals surface area contributed by atoms with Crippen molar-refractivity contribution in [3.05, 3.63) is 60.6 Å². The summed E-state index contributed by atoms with van der Waals surface area (Å²) in [6.07, 6.45) is 6.91. The zero-order chi connectivity index (χ0) is 16.5. The highest BCUT2D eigenvalue weighted by Gasteiger charge is 2.13. The van der Waals surface area contributed by atoms with Crippen molar-refractivity contribution in [1.29, 1.82) is 0 Å². The highest BCUT2D eigenvalue weighted by atomic mass is 32.1. The first kappa shape index (κ1) is 14.7. The van der Waals surface area contributed by atoms with Crippen LogP contribution in [0.4, 0.5) is 9.52 Å². The molecule has 0 aliphatic carbocycles. The van der Waals surface area contributed by atoms with Gasteiger partial charge in [-0.2, -0.15) is 0 Å². The Labute approximate surface area is 141 Å². The molecule has 0 saturated carbocycles. The van der Waals surface area contributed by atoms with Crippen LogP contribution in [0.25, 0.3) is 16.2 Å². The molecular formula is C16H13FN6S. The molecule has 0 fully saturated rings. The standard InChI is InChI=1S/C16H13FN6S/c1-22(9-13-8-18-6-7-19-13)16-21-23-10-14(20-15(23)24-16)11-2-4-12(17)5-3-11/h2-8,10H,9H2,1H3. The molecule has 0 saturated heterocycles. The summed E-state index contributed by atoms with van der Waals surface area (Å²) in [6, 6.07) is 6.28. The van der Waals surface area contributed by atoms with Gasteiger partial charge in [0, 0.05) is 25.0 Å². The van der Waals surface area contributed by atoms with Crippen LogP contribution in [-0.4, -0.2) is 31.6 Å². The third-order valence-electron chi connectivity index (χ3n) is 3.51. The summed E-state index contributed by atoms with van der Waals surface area (Å²) in [5.41, 5.74) is 2.51. The van der Waals surface area contributed by atoms with Crippen molar-refractivity contribution in [2.24, 2.45) is 0 Å². The quantitative estimate of drug-likeness (QED) is 0.571. The maximum absolute atomic E-state index is 13.0. The van der Waals surface area contributed by atoms with Gasteiger partial charge in [0.15, 0.2) is 0 Å². The molecule has 0 aliphatic heterocycles. The molecule has 120 valence electrons. The van der Waals surface area contributed by atoms with Gasteiger partial charge in [-0.05, 0) is 24.3 Å². The van der Waals surface area contributed by atoms with Gasteiger partial charge in [0.1, 0.15) is 5.82 Å². The average Bonchev–Trinajstić information content (AvgIpc) is 3.15. The Kier molecular flexibility index (Phi) is 3.66. The SMILES string of the molecule is CN(Cc1cnccn1)c1nn2cc(-c3ccc(F)cc3)nc2s1. The van der Waals surface area contributed by atoms with Gasteiger partial charge in [-0.3, -0.25) is 9.97 Å². The number of fused-ring (bicyclic) bond motifs is 1. The lowest BCUT2D eigenvalue weighted by Crippen LogP contribution is -2.17. The zero-order valence-electron chi connectivity index (χ0n) is 12.8. The van der Waals surface area contributed by atoms with Gasteiger partial charge in [-0.25, -0.2) is 13.9 Å². The Bertz CT molecular complexity index is 932. The molecule has 0 atom stereocenters. The number of hydrogen-bond acceptors (Lipinski definition) is 6. The Morgan fingerprint density at radius 1 is 1.21 bits per heavy atom. The summed E-state index contributed by atoms with van der Waals surface area (Å²) in [5, 5.41) is 5.39. The van der Waals surface area contributed by atoms with Crippen LogP contribution < -0.4 is 4.90 Å². The molecule has 0 spiro atoms. The van der Waals surface area contributed by atoms with Crippen LogP contribution in [0.2, 0.25) is 0 Å². The van der Waals surface area contributed by atoms with E-state index in [1.165, 1.54) is 23.5 Å². The molecule has 24 heavy (non-hydrogen) atoms. The molecule has 4 aromatic rings. The van der Waals surface area contributed by atoms with Crippen LogP contribution in [0, 0.1) is 5.82 Å². The second-order valence-electron chi connectivity index (χ2n) is 5.30. The summed E-state index contributed by atoms with van der Waals surface area (Å²) in [7, 11) is 1.95. The fourth-order valence-corrected chi connectivity index (χ4v) is 3.17. The second-order valence-corrected chi connectivity index (χ2v) is 6.23. The van der Waals surface area contributed by atoms with Crippen molar-refractivity contribution in [2.45, 2.75) is 6.54 Å². The van der Waals surface area contributed by atoms with Crippen molar-refractivity contribution in [3.8, 4) is 11.3 Å². The fourth-order valence-electron chi connectivity index (χ4n) is 2.33. The molecule has 0 N–H and O–H groups in total.